The van der Waals surface area contributed by atoms with E-state index in [2.05, 4.69) is 4.98 Å². The number of ether oxygens (including phenoxy) is 1. The summed E-state index contributed by atoms with van der Waals surface area (Å²) >= 11 is 1.57. The molecule has 0 bridgehead atoms. The van der Waals surface area contributed by atoms with Gasteiger partial charge in [0.25, 0.3) is 0 Å². The Morgan fingerprint density at radius 2 is 2.31 bits per heavy atom. The minimum Gasteiger partial charge on any atom is -0.511 e. The predicted octanol–water partition coefficient (Wildman–Crippen LogP) is 2.23. The number of nitrogens with zero attached hydrogens (tertiary/aromatic N) is 1. The fraction of sp³-hybridized carbons (Fsp3) is 0.455. The van der Waals surface area contributed by atoms with Gasteiger partial charge in [0.15, 0.2) is 0 Å². The summed E-state index contributed by atoms with van der Waals surface area (Å²) in [5.41, 5.74) is 0.845. The van der Waals surface area contributed by atoms with Crippen molar-refractivity contribution in [1.82, 2.24) is 4.98 Å². The molecule has 4 nitrogen and oxygen atoms in total. The molecule has 0 saturated carbocycles. The van der Waals surface area contributed by atoms with Crippen LogP contribution in [-0.2, 0) is 16.0 Å². The third-order valence-electron chi connectivity index (χ3n) is 2.40. The Morgan fingerprint density at radius 1 is 1.56 bits per heavy atom. The van der Waals surface area contributed by atoms with Crippen molar-refractivity contribution in [2.45, 2.75) is 26.7 Å². The lowest BCUT2D eigenvalue weighted by Gasteiger charge is -2.14. The number of allylic oxidation sites excluding steroid dienone is 1. The quantitative estimate of drug-likeness (QED) is 0.804. The van der Waals surface area contributed by atoms with Crippen LogP contribution in [0, 0.1) is 6.92 Å². The maximum Gasteiger partial charge on any atom is 0.343 e. The van der Waals surface area contributed by atoms with Crippen molar-refractivity contribution in [2.75, 3.05) is 6.61 Å². The average molecular weight is 239 g/mol. The first-order valence-electron chi connectivity index (χ1n) is 5.19. The van der Waals surface area contributed by atoms with Gasteiger partial charge in [-0.15, -0.1) is 11.3 Å². The Balaban J connectivity index is 2.44. The summed E-state index contributed by atoms with van der Waals surface area (Å²) in [5.74, 6) is -0.387. The molecular formula is C11H13NO3S. The molecule has 1 aliphatic rings. The van der Waals surface area contributed by atoms with Crippen molar-refractivity contribution < 1.29 is 14.6 Å². The highest BCUT2D eigenvalue weighted by molar-refractivity contribution is 7.11. The number of esters is 1. The van der Waals surface area contributed by atoms with Gasteiger partial charge in [0.1, 0.15) is 11.3 Å². The number of aromatic nitrogens is 1. The maximum absolute atomic E-state index is 11.7. The SMILES string of the molecule is CCOC(=O)C1=C(O)CCc2sc(C)nc21. The fourth-order valence-corrected chi connectivity index (χ4v) is 2.69. The number of carbonyl (C=O) groups is 1. The molecule has 1 N–H and O–H groups in total. The van der Waals surface area contributed by atoms with Crippen LogP contribution in [0.3, 0.4) is 0 Å². The van der Waals surface area contributed by atoms with Crippen LogP contribution in [0.15, 0.2) is 5.76 Å². The van der Waals surface area contributed by atoms with E-state index in [4.69, 9.17) is 4.74 Å². The molecule has 86 valence electrons. The van der Waals surface area contributed by atoms with Gasteiger partial charge in [0.2, 0.25) is 0 Å². The smallest absolute Gasteiger partial charge is 0.343 e. The van der Waals surface area contributed by atoms with Gasteiger partial charge in [-0.2, -0.15) is 0 Å². The largest absolute Gasteiger partial charge is 0.511 e. The second-order valence-electron chi connectivity index (χ2n) is 3.55. The molecule has 0 radical (unpaired) electrons. The Morgan fingerprint density at radius 3 is 3.00 bits per heavy atom. The van der Waals surface area contributed by atoms with E-state index in [1.807, 2.05) is 6.92 Å². The van der Waals surface area contributed by atoms with Crippen LogP contribution in [0.25, 0.3) is 5.57 Å². The van der Waals surface area contributed by atoms with E-state index < -0.39 is 5.97 Å². The van der Waals surface area contributed by atoms with Crippen LogP contribution in [0.1, 0.15) is 28.9 Å². The van der Waals surface area contributed by atoms with Gasteiger partial charge in [0, 0.05) is 11.3 Å². The first kappa shape index (κ1) is 11.1. The number of fused-ring (bicyclic) bond motifs is 1. The average Bonchev–Trinajstić information content (AvgIpc) is 2.58. The fourth-order valence-electron chi connectivity index (χ4n) is 1.75. The molecule has 1 aromatic rings. The predicted molar refractivity (Wildman–Crippen MR) is 61.4 cm³/mol. The molecule has 0 saturated heterocycles. The van der Waals surface area contributed by atoms with E-state index in [0.717, 1.165) is 16.3 Å². The summed E-state index contributed by atoms with van der Waals surface area (Å²) < 4.78 is 4.93. The molecular weight excluding hydrogens is 226 g/mol. The first-order valence-corrected chi connectivity index (χ1v) is 6.01. The molecule has 0 spiro atoms. The van der Waals surface area contributed by atoms with Gasteiger partial charge < -0.3 is 9.84 Å². The minimum atomic E-state index is -0.480. The second-order valence-corrected chi connectivity index (χ2v) is 4.83. The van der Waals surface area contributed by atoms with E-state index in [1.165, 1.54) is 0 Å². The molecule has 1 heterocycles. The van der Waals surface area contributed by atoms with Gasteiger partial charge in [-0.1, -0.05) is 0 Å². The molecule has 1 aromatic heterocycles. The van der Waals surface area contributed by atoms with E-state index in [0.29, 0.717) is 18.7 Å². The molecule has 0 atom stereocenters. The van der Waals surface area contributed by atoms with Crippen molar-refractivity contribution in [3.8, 4) is 0 Å². The highest BCUT2D eigenvalue weighted by Gasteiger charge is 2.28. The molecule has 16 heavy (non-hydrogen) atoms. The maximum atomic E-state index is 11.7. The summed E-state index contributed by atoms with van der Waals surface area (Å²) in [6, 6.07) is 0. The van der Waals surface area contributed by atoms with Crippen molar-refractivity contribution in [3.05, 3.63) is 21.3 Å². The summed E-state index contributed by atoms with van der Waals surface area (Å²) in [6.45, 7) is 3.93. The van der Waals surface area contributed by atoms with Gasteiger partial charge in [-0.25, -0.2) is 9.78 Å². The second kappa shape index (κ2) is 4.25. The normalized spacial score (nSPS) is 14.9. The zero-order valence-electron chi connectivity index (χ0n) is 9.24. The lowest BCUT2D eigenvalue weighted by Crippen LogP contribution is -2.14. The number of aryl methyl sites for hydroxylation is 2. The van der Waals surface area contributed by atoms with Gasteiger partial charge in [0.05, 0.1) is 17.3 Å². The third kappa shape index (κ3) is 1.82. The zero-order valence-corrected chi connectivity index (χ0v) is 10.1. The van der Waals surface area contributed by atoms with Crippen molar-refractivity contribution in [2.24, 2.45) is 0 Å². The van der Waals surface area contributed by atoms with Crippen LogP contribution in [0.4, 0.5) is 0 Å². The van der Waals surface area contributed by atoms with Crippen molar-refractivity contribution >= 4 is 22.9 Å². The highest BCUT2D eigenvalue weighted by Crippen LogP contribution is 2.33. The van der Waals surface area contributed by atoms with Gasteiger partial charge >= 0.3 is 5.97 Å². The Bertz CT molecular complexity index is 462. The van der Waals surface area contributed by atoms with Crippen LogP contribution < -0.4 is 0 Å². The molecule has 5 heteroatoms. The molecule has 0 aliphatic heterocycles. The molecule has 0 aromatic carbocycles. The Hall–Kier alpha value is -1.36. The van der Waals surface area contributed by atoms with Gasteiger partial charge in [-0.05, 0) is 20.3 Å². The molecule has 2 rings (SSSR count). The monoisotopic (exact) mass is 239 g/mol. The van der Waals surface area contributed by atoms with Crippen LogP contribution >= 0.6 is 11.3 Å². The number of carbonyl (C=O) groups excluding carboxylic acids is 1. The van der Waals surface area contributed by atoms with Gasteiger partial charge in [-0.3, -0.25) is 0 Å². The molecule has 0 fully saturated rings. The minimum absolute atomic E-state index is 0.0938. The van der Waals surface area contributed by atoms with Crippen LogP contribution in [0.5, 0.6) is 0 Å². The van der Waals surface area contributed by atoms with E-state index in [9.17, 15) is 9.90 Å². The molecule has 0 unspecified atom stereocenters. The number of aliphatic hydroxyl groups is 1. The number of hydrogen-bond donors (Lipinski definition) is 1. The lowest BCUT2D eigenvalue weighted by atomic mass is 10.00. The third-order valence-corrected chi connectivity index (χ3v) is 3.43. The van der Waals surface area contributed by atoms with Crippen molar-refractivity contribution in [3.63, 3.8) is 0 Å². The van der Waals surface area contributed by atoms with E-state index in [-0.39, 0.29) is 11.3 Å². The first-order chi connectivity index (χ1) is 7.63. The number of hydrogen-bond acceptors (Lipinski definition) is 5. The number of thiazole rings is 1. The number of rotatable bonds is 2. The Labute approximate surface area is 97.6 Å². The zero-order chi connectivity index (χ0) is 11.7. The lowest BCUT2D eigenvalue weighted by molar-refractivity contribution is -0.136. The van der Waals surface area contributed by atoms with E-state index in [1.54, 1.807) is 18.3 Å². The summed E-state index contributed by atoms with van der Waals surface area (Å²) in [6.07, 6.45) is 1.23. The Kier molecular flexibility index (Phi) is 2.96. The molecule has 1 aliphatic carbocycles. The summed E-state index contributed by atoms with van der Waals surface area (Å²) in [5, 5.41) is 10.7. The molecule has 0 amide bonds. The summed E-state index contributed by atoms with van der Waals surface area (Å²) in [4.78, 5) is 17.0. The topological polar surface area (TPSA) is 59.4 Å². The van der Waals surface area contributed by atoms with E-state index >= 15 is 0 Å². The standard InChI is InChI=1S/C11H13NO3S/c1-3-15-11(14)9-7(13)4-5-8-10(9)12-6(2)16-8/h13H,3-5H2,1-2H3. The van der Waals surface area contributed by atoms with Crippen LogP contribution in [-0.4, -0.2) is 22.7 Å². The number of aliphatic hydroxyl groups excluding tert-OH is 1. The van der Waals surface area contributed by atoms with Crippen molar-refractivity contribution in [1.29, 1.82) is 0 Å². The summed E-state index contributed by atoms with van der Waals surface area (Å²) in [7, 11) is 0. The van der Waals surface area contributed by atoms with Crippen LogP contribution in [0.2, 0.25) is 0 Å². The highest BCUT2D eigenvalue weighted by atomic mass is 32.1.